The van der Waals surface area contributed by atoms with Gasteiger partial charge in [0.05, 0.1) is 12.1 Å². The first-order valence-corrected chi connectivity index (χ1v) is 11.0. The van der Waals surface area contributed by atoms with E-state index < -0.39 is 59.9 Å². The number of carboxylic acid groups (broad SMARTS) is 2. The SMILES string of the molecule is CC(O)C(NC(=O)C(CS)NC(=O)C(Cc1ccccc1)NC(=O)C(N)CCC(=O)O)C(=O)O. The van der Waals surface area contributed by atoms with E-state index in [2.05, 4.69) is 28.6 Å². The largest absolute Gasteiger partial charge is 0.481 e. The second-order valence-electron chi connectivity index (χ2n) is 7.60. The second kappa shape index (κ2) is 14.2. The molecule has 5 atom stereocenters. The number of nitrogens with two attached hydrogens (primary N) is 1. The number of hydrogen-bond donors (Lipinski definition) is 8. The van der Waals surface area contributed by atoms with Crippen LogP contribution in [0.15, 0.2) is 30.3 Å². The Morgan fingerprint density at radius 2 is 1.50 bits per heavy atom. The normalized spacial score (nSPS) is 15.2. The van der Waals surface area contributed by atoms with Crippen molar-refractivity contribution in [3.8, 4) is 0 Å². The van der Waals surface area contributed by atoms with Gasteiger partial charge in [0.15, 0.2) is 6.04 Å². The lowest BCUT2D eigenvalue weighted by atomic mass is 10.0. The molecule has 0 fully saturated rings. The van der Waals surface area contributed by atoms with Crippen molar-refractivity contribution in [2.45, 2.75) is 56.5 Å². The van der Waals surface area contributed by atoms with Crippen molar-refractivity contribution in [1.29, 1.82) is 0 Å². The van der Waals surface area contributed by atoms with Crippen LogP contribution in [-0.4, -0.2) is 81.0 Å². The van der Waals surface area contributed by atoms with E-state index in [4.69, 9.17) is 15.9 Å². The molecule has 3 amide bonds. The number of aliphatic carboxylic acids is 2. The van der Waals surface area contributed by atoms with Crippen LogP contribution in [0.2, 0.25) is 0 Å². The lowest BCUT2D eigenvalue weighted by molar-refractivity contribution is -0.145. The first kappa shape index (κ1) is 28.9. The van der Waals surface area contributed by atoms with E-state index in [9.17, 15) is 29.1 Å². The maximum atomic E-state index is 13.0. The molecule has 13 heteroatoms. The molecule has 0 radical (unpaired) electrons. The van der Waals surface area contributed by atoms with Crippen LogP contribution < -0.4 is 21.7 Å². The maximum Gasteiger partial charge on any atom is 0.328 e. The first-order chi connectivity index (χ1) is 16.0. The van der Waals surface area contributed by atoms with Crippen molar-refractivity contribution in [2.24, 2.45) is 5.73 Å². The molecule has 0 saturated carbocycles. The van der Waals surface area contributed by atoms with Crippen LogP contribution in [0.25, 0.3) is 0 Å². The molecule has 0 heterocycles. The number of thiol groups is 1. The highest BCUT2D eigenvalue weighted by atomic mass is 32.1. The van der Waals surface area contributed by atoms with Gasteiger partial charge in [-0.3, -0.25) is 19.2 Å². The zero-order valence-corrected chi connectivity index (χ0v) is 19.4. The summed E-state index contributed by atoms with van der Waals surface area (Å²) in [5.74, 6) is -5.18. The summed E-state index contributed by atoms with van der Waals surface area (Å²) in [6.07, 6.45) is -1.83. The average molecular weight is 499 g/mol. The molecule has 8 N–H and O–H groups in total. The molecule has 0 saturated heterocycles. The topological polar surface area (TPSA) is 208 Å². The fraction of sp³-hybridized carbons (Fsp3) is 0.476. The van der Waals surface area contributed by atoms with Crippen molar-refractivity contribution < 1.29 is 39.3 Å². The quantitative estimate of drug-likeness (QED) is 0.137. The van der Waals surface area contributed by atoms with Gasteiger partial charge in [-0.2, -0.15) is 12.6 Å². The predicted molar refractivity (Wildman–Crippen MR) is 124 cm³/mol. The van der Waals surface area contributed by atoms with Gasteiger partial charge in [0.25, 0.3) is 0 Å². The van der Waals surface area contributed by atoms with Crippen LogP contribution in [0.1, 0.15) is 25.3 Å². The minimum absolute atomic E-state index is 0.0381. The highest BCUT2D eigenvalue weighted by molar-refractivity contribution is 7.80. The molecule has 1 aromatic carbocycles. The Kier molecular flexibility index (Phi) is 12.0. The van der Waals surface area contributed by atoms with E-state index in [-0.39, 0.29) is 25.0 Å². The van der Waals surface area contributed by atoms with Gasteiger partial charge >= 0.3 is 11.9 Å². The van der Waals surface area contributed by atoms with Gasteiger partial charge in [-0.25, -0.2) is 4.79 Å². The summed E-state index contributed by atoms with van der Waals surface area (Å²) >= 11 is 4.02. The molecule has 0 aromatic heterocycles. The summed E-state index contributed by atoms with van der Waals surface area (Å²) in [6, 6.07) is 3.46. The molecular formula is C21H30N4O8S. The fourth-order valence-electron chi connectivity index (χ4n) is 2.86. The molecule has 0 aliphatic heterocycles. The van der Waals surface area contributed by atoms with Gasteiger partial charge in [0, 0.05) is 18.6 Å². The number of carboxylic acids is 2. The Balaban J connectivity index is 2.97. The number of nitrogens with one attached hydrogen (secondary N) is 3. The number of hydrogen-bond acceptors (Lipinski definition) is 8. The van der Waals surface area contributed by atoms with Gasteiger partial charge < -0.3 is 37.0 Å². The number of aliphatic hydroxyl groups is 1. The summed E-state index contributed by atoms with van der Waals surface area (Å²) in [7, 11) is 0. The summed E-state index contributed by atoms with van der Waals surface area (Å²) < 4.78 is 0. The highest BCUT2D eigenvalue weighted by Crippen LogP contribution is 2.06. The van der Waals surface area contributed by atoms with E-state index in [0.29, 0.717) is 5.56 Å². The van der Waals surface area contributed by atoms with Crippen LogP contribution >= 0.6 is 12.6 Å². The van der Waals surface area contributed by atoms with E-state index in [1.165, 1.54) is 6.92 Å². The lowest BCUT2D eigenvalue weighted by Crippen LogP contribution is -2.59. The molecule has 0 aliphatic rings. The lowest BCUT2D eigenvalue weighted by Gasteiger charge is -2.25. The van der Waals surface area contributed by atoms with Gasteiger partial charge in [0.1, 0.15) is 12.1 Å². The maximum absolute atomic E-state index is 13.0. The Morgan fingerprint density at radius 1 is 0.941 bits per heavy atom. The molecule has 12 nitrogen and oxygen atoms in total. The van der Waals surface area contributed by atoms with Crippen molar-refractivity contribution >= 4 is 42.3 Å². The standard InChI is InChI=1S/C21H30N4O8S/c1-11(26)17(21(32)33)25-20(31)15(10-34)24-19(30)14(9-12-5-3-2-4-6-12)23-18(29)13(22)7-8-16(27)28/h2-6,11,13-15,17,26,34H,7-10,22H2,1H3,(H,23,29)(H,24,30)(H,25,31)(H,27,28)(H,32,33). The summed E-state index contributed by atoms with van der Waals surface area (Å²) in [5, 5.41) is 34.5. The average Bonchev–Trinajstić information content (AvgIpc) is 2.78. The fourth-order valence-corrected chi connectivity index (χ4v) is 3.11. The number of amides is 3. The molecule has 188 valence electrons. The smallest absolute Gasteiger partial charge is 0.328 e. The van der Waals surface area contributed by atoms with Crippen LogP contribution in [0, 0.1) is 0 Å². The van der Waals surface area contributed by atoms with E-state index in [0.717, 1.165) is 0 Å². The third-order valence-electron chi connectivity index (χ3n) is 4.78. The molecule has 0 aliphatic carbocycles. The zero-order valence-electron chi connectivity index (χ0n) is 18.5. The second-order valence-corrected chi connectivity index (χ2v) is 7.96. The molecule has 0 bridgehead atoms. The highest BCUT2D eigenvalue weighted by Gasteiger charge is 2.31. The molecule has 1 aromatic rings. The number of carbonyl (C=O) groups is 5. The van der Waals surface area contributed by atoms with E-state index in [1.807, 2.05) is 0 Å². The van der Waals surface area contributed by atoms with Crippen molar-refractivity contribution in [2.75, 3.05) is 5.75 Å². The van der Waals surface area contributed by atoms with Gasteiger partial charge in [0.2, 0.25) is 17.7 Å². The summed E-state index contributed by atoms with van der Waals surface area (Å²) in [5.41, 5.74) is 6.42. The third-order valence-corrected chi connectivity index (χ3v) is 5.15. The summed E-state index contributed by atoms with van der Waals surface area (Å²) in [6.45, 7) is 1.19. The number of carbonyl (C=O) groups excluding carboxylic acids is 3. The Morgan fingerprint density at radius 3 is 2.00 bits per heavy atom. The summed E-state index contributed by atoms with van der Waals surface area (Å²) in [4.78, 5) is 59.8. The zero-order chi connectivity index (χ0) is 25.8. The molecule has 1 rings (SSSR count). The van der Waals surface area contributed by atoms with Crippen molar-refractivity contribution in [3.05, 3.63) is 35.9 Å². The van der Waals surface area contributed by atoms with Crippen molar-refractivity contribution in [3.63, 3.8) is 0 Å². The number of aliphatic hydroxyl groups excluding tert-OH is 1. The van der Waals surface area contributed by atoms with E-state index in [1.54, 1.807) is 30.3 Å². The molecular weight excluding hydrogens is 468 g/mol. The van der Waals surface area contributed by atoms with Crippen LogP contribution in [0.5, 0.6) is 0 Å². The molecule has 0 spiro atoms. The van der Waals surface area contributed by atoms with Crippen LogP contribution in [0.3, 0.4) is 0 Å². The van der Waals surface area contributed by atoms with Gasteiger partial charge in [-0.1, -0.05) is 30.3 Å². The Labute approximate surface area is 201 Å². The Hall–Kier alpha value is -3.16. The number of rotatable bonds is 14. The van der Waals surface area contributed by atoms with Crippen LogP contribution in [-0.2, 0) is 30.4 Å². The number of benzene rings is 1. The minimum atomic E-state index is -1.60. The first-order valence-electron chi connectivity index (χ1n) is 10.4. The van der Waals surface area contributed by atoms with Gasteiger partial charge in [-0.05, 0) is 18.9 Å². The van der Waals surface area contributed by atoms with Crippen molar-refractivity contribution in [1.82, 2.24) is 16.0 Å². The Bertz CT molecular complexity index is 868. The molecule has 34 heavy (non-hydrogen) atoms. The third kappa shape index (κ3) is 9.77. The molecule has 5 unspecified atom stereocenters. The monoisotopic (exact) mass is 498 g/mol. The predicted octanol–water partition coefficient (Wildman–Crippen LogP) is -1.73. The van der Waals surface area contributed by atoms with Crippen LogP contribution in [0.4, 0.5) is 0 Å². The van der Waals surface area contributed by atoms with Gasteiger partial charge in [-0.15, -0.1) is 0 Å². The minimum Gasteiger partial charge on any atom is -0.481 e. The van der Waals surface area contributed by atoms with E-state index >= 15 is 0 Å².